The molecule has 0 aliphatic carbocycles. The molecule has 0 radical (unpaired) electrons. The molecule has 2 aromatic carbocycles. The van der Waals surface area contributed by atoms with Crippen LogP contribution in [0.5, 0.6) is 5.75 Å². The second-order valence-corrected chi connectivity index (χ2v) is 6.51. The van der Waals surface area contributed by atoms with Gasteiger partial charge in [0, 0.05) is 10.6 Å². The lowest BCUT2D eigenvalue weighted by Crippen LogP contribution is -2.30. The van der Waals surface area contributed by atoms with Gasteiger partial charge in [0.25, 0.3) is 0 Å². The second-order valence-electron chi connectivity index (χ2n) is 6.07. The smallest absolute Gasteiger partial charge is 0.247 e. The molecule has 146 valence electrons. The number of nitrogens with one attached hydrogen (secondary N) is 1. The molecule has 9 heteroatoms. The average molecular weight is 405 g/mol. The second kappa shape index (κ2) is 8.81. The molecule has 0 bridgehead atoms. The van der Waals surface area contributed by atoms with E-state index in [0.29, 0.717) is 27.9 Å². The number of nitrogens with zero attached hydrogens (tertiary/aromatic N) is 3. The third-order valence-electron chi connectivity index (χ3n) is 3.81. The van der Waals surface area contributed by atoms with Crippen molar-refractivity contribution in [3.8, 4) is 17.2 Å². The number of benzene rings is 2. The normalized spacial score (nSPS) is 10.9. The van der Waals surface area contributed by atoms with E-state index in [4.69, 9.17) is 20.8 Å². The summed E-state index contributed by atoms with van der Waals surface area (Å²) in [5.74, 6) is 0.555. The fourth-order valence-corrected chi connectivity index (χ4v) is 2.70. The quantitative estimate of drug-likeness (QED) is 0.648. The van der Waals surface area contributed by atoms with E-state index in [-0.39, 0.29) is 30.7 Å². The van der Waals surface area contributed by atoms with E-state index in [2.05, 4.69) is 15.5 Å². The summed E-state index contributed by atoms with van der Waals surface area (Å²) in [5.41, 5.74) is 1.11. The number of amides is 1. The number of hydrogen-bond acceptors (Lipinski definition) is 6. The lowest BCUT2D eigenvalue weighted by Gasteiger charge is -2.15. The first-order chi connectivity index (χ1) is 13.4. The first-order valence-electron chi connectivity index (χ1n) is 8.35. The van der Waals surface area contributed by atoms with Crippen LogP contribution in [0.3, 0.4) is 0 Å². The standard InChI is InChI=1S/C19H18ClFN4O3/c1-25(10-17(26)22-15-9-13(20)5-8-16(15)27-2)11-18-23-24-19(28-18)12-3-6-14(21)7-4-12/h3-9H,10-11H2,1-2H3,(H,22,26). The predicted molar refractivity (Wildman–Crippen MR) is 103 cm³/mol. The van der Waals surface area contributed by atoms with E-state index in [1.165, 1.54) is 19.2 Å². The summed E-state index contributed by atoms with van der Waals surface area (Å²) in [7, 11) is 3.26. The fourth-order valence-electron chi connectivity index (χ4n) is 2.53. The summed E-state index contributed by atoms with van der Waals surface area (Å²) in [6.07, 6.45) is 0. The van der Waals surface area contributed by atoms with Crippen LogP contribution in [0.25, 0.3) is 11.5 Å². The zero-order valence-corrected chi connectivity index (χ0v) is 16.0. The van der Waals surface area contributed by atoms with Crippen LogP contribution in [0.2, 0.25) is 5.02 Å². The Morgan fingerprint density at radius 2 is 2.00 bits per heavy atom. The van der Waals surface area contributed by atoms with Gasteiger partial charge < -0.3 is 14.5 Å². The van der Waals surface area contributed by atoms with E-state index in [1.54, 1.807) is 42.3 Å². The molecular weight excluding hydrogens is 387 g/mol. The van der Waals surface area contributed by atoms with Crippen LogP contribution in [0.1, 0.15) is 5.89 Å². The van der Waals surface area contributed by atoms with Crippen LogP contribution < -0.4 is 10.1 Å². The molecule has 7 nitrogen and oxygen atoms in total. The fraction of sp³-hybridized carbons (Fsp3) is 0.211. The molecule has 1 heterocycles. The Morgan fingerprint density at radius 1 is 1.25 bits per heavy atom. The Kier molecular flexibility index (Phi) is 6.23. The van der Waals surface area contributed by atoms with E-state index in [0.717, 1.165) is 0 Å². The van der Waals surface area contributed by atoms with Crippen LogP contribution in [-0.4, -0.2) is 41.7 Å². The largest absolute Gasteiger partial charge is 0.495 e. The van der Waals surface area contributed by atoms with Gasteiger partial charge in [-0.3, -0.25) is 9.69 Å². The van der Waals surface area contributed by atoms with Crippen molar-refractivity contribution in [2.75, 3.05) is 26.0 Å². The summed E-state index contributed by atoms with van der Waals surface area (Å²) in [5, 5.41) is 11.2. The highest BCUT2D eigenvalue weighted by Gasteiger charge is 2.14. The van der Waals surface area contributed by atoms with E-state index in [1.807, 2.05) is 0 Å². The summed E-state index contributed by atoms with van der Waals surface area (Å²) in [6.45, 7) is 0.359. The molecule has 0 aliphatic rings. The first kappa shape index (κ1) is 19.8. The highest BCUT2D eigenvalue weighted by Crippen LogP contribution is 2.27. The maximum Gasteiger partial charge on any atom is 0.247 e. The van der Waals surface area contributed by atoms with Gasteiger partial charge >= 0.3 is 0 Å². The van der Waals surface area contributed by atoms with E-state index in [9.17, 15) is 9.18 Å². The molecule has 0 saturated carbocycles. The van der Waals surface area contributed by atoms with Crippen LogP contribution in [-0.2, 0) is 11.3 Å². The molecule has 0 unspecified atom stereocenters. The van der Waals surface area contributed by atoms with E-state index < -0.39 is 0 Å². The Bertz CT molecular complexity index is 962. The summed E-state index contributed by atoms with van der Waals surface area (Å²) < 4.78 is 23.8. The highest BCUT2D eigenvalue weighted by atomic mass is 35.5. The van der Waals surface area contributed by atoms with Gasteiger partial charge in [0.2, 0.25) is 17.7 Å². The number of aromatic nitrogens is 2. The zero-order valence-electron chi connectivity index (χ0n) is 15.3. The SMILES string of the molecule is COc1ccc(Cl)cc1NC(=O)CN(C)Cc1nnc(-c2ccc(F)cc2)o1. The molecule has 0 aliphatic heterocycles. The molecular formula is C19H18ClFN4O3. The van der Waals surface area contributed by atoms with Gasteiger partial charge in [0.1, 0.15) is 11.6 Å². The molecule has 3 aromatic rings. The Labute approximate surface area is 166 Å². The minimum Gasteiger partial charge on any atom is -0.495 e. The van der Waals surface area contributed by atoms with E-state index >= 15 is 0 Å². The molecule has 1 aromatic heterocycles. The lowest BCUT2D eigenvalue weighted by molar-refractivity contribution is -0.117. The van der Waals surface area contributed by atoms with Crippen molar-refractivity contribution < 1.29 is 18.3 Å². The van der Waals surface area contributed by atoms with Crippen molar-refractivity contribution in [3.63, 3.8) is 0 Å². The van der Waals surface area contributed by atoms with Gasteiger partial charge in [-0.2, -0.15) is 0 Å². The van der Waals surface area contributed by atoms with Gasteiger partial charge in [0.15, 0.2) is 0 Å². The predicted octanol–water partition coefficient (Wildman–Crippen LogP) is 3.61. The first-order valence-corrected chi connectivity index (χ1v) is 8.72. The number of ether oxygens (including phenoxy) is 1. The third-order valence-corrected chi connectivity index (χ3v) is 4.05. The van der Waals surface area contributed by atoms with Crippen LogP contribution in [0.4, 0.5) is 10.1 Å². The van der Waals surface area contributed by atoms with Crippen LogP contribution in [0.15, 0.2) is 46.9 Å². The molecule has 1 N–H and O–H groups in total. The van der Waals surface area contributed by atoms with Gasteiger partial charge in [0.05, 0.1) is 25.9 Å². The average Bonchev–Trinajstić information content (AvgIpc) is 3.10. The minimum atomic E-state index is -0.342. The summed E-state index contributed by atoms with van der Waals surface area (Å²) in [4.78, 5) is 14.0. The van der Waals surface area contributed by atoms with Crippen molar-refractivity contribution in [2.24, 2.45) is 0 Å². The van der Waals surface area contributed by atoms with Crippen LogP contribution in [0, 0.1) is 5.82 Å². The molecule has 0 fully saturated rings. The number of carbonyl (C=O) groups excluding carboxylic acids is 1. The number of halogens is 2. The number of hydrogen-bond donors (Lipinski definition) is 1. The molecule has 0 saturated heterocycles. The maximum absolute atomic E-state index is 13.0. The lowest BCUT2D eigenvalue weighted by atomic mass is 10.2. The number of rotatable bonds is 7. The maximum atomic E-state index is 13.0. The number of methoxy groups -OCH3 is 1. The van der Waals surface area contributed by atoms with Crippen LogP contribution >= 0.6 is 11.6 Å². The Hall–Kier alpha value is -2.97. The Balaban J connectivity index is 1.58. The monoisotopic (exact) mass is 404 g/mol. The van der Waals surface area contributed by atoms with Gasteiger partial charge in [-0.25, -0.2) is 4.39 Å². The highest BCUT2D eigenvalue weighted by molar-refractivity contribution is 6.31. The number of likely N-dealkylation sites (N-methyl/N-ethyl adjacent to an activating group) is 1. The topological polar surface area (TPSA) is 80.5 Å². The third kappa shape index (κ3) is 5.05. The number of carbonyl (C=O) groups is 1. The van der Waals surface area contributed by atoms with Crippen molar-refractivity contribution >= 4 is 23.2 Å². The minimum absolute atomic E-state index is 0.0872. The van der Waals surface area contributed by atoms with Gasteiger partial charge in [-0.05, 0) is 49.5 Å². The van der Waals surface area contributed by atoms with Gasteiger partial charge in [-0.1, -0.05) is 11.6 Å². The molecule has 1 amide bonds. The molecule has 3 rings (SSSR count). The van der Waals surface area contributed by atoms with Gasteiger partial charge in [-0.15, -0.1) is 10.2 Å². The summed E-state index contributed by atoms with van der Waals surface area (Å²) in [6, 6.07) is 10.7. The van der Waals surface area contributed by atoms with Crippen molar-refractivity contribution in [2.45, 2.75) is 6.54 Å². The number of anilines is 1. The Morgan fingerprint density at radius 3 is 2.71 bits per heavy atom. The zero-order chi connectivity index (χ0) is 20.1. The molecule has 0 atom stereocenters. The molecule has 0 spiro atoms. The van der Waals surface area contributed by atoms with Crippen molar-refractivity contribution in [3.05, 3.63) is 59.2 Å². The van der Waals surface area contributed by atoms with Crippen molar-refractivity contribution in [1.29, 1.82) is 0 Å². The summed E-state index contributed by atoms with van der Waals surface area (Å²) >= 11 is 5.97. The van der Waals surface area contributed by atoms with Crippen molar-refractivity contribution in [1.82, 2.24) is 15.1 Å². The molecule has 28 heavy (non-hydrogen) atoms.